The molecule has 1 aliphatic rings. The molecule has 1 aliphatic carbocycles. The second kappa shape index (κ2) is 6.39. The zero-order valence-corrected chi connectivity index (χ0v) is 11.7. The first-order valence-electron chi connectivity index (χ1n) is 7.01. The second-order valence-corrected chi connectivity index (χ2v) is 5.96. The van der Waals surface area contributed by atoms with Crippen molar-refractivity contribution >= 4 is 5.91 Å². The first-order chi connectivity index (χ1) is 7.95. The highest BCUT2D eigenvalue weighted by Crippen LogP contribution is 2.33. The van der Waals surface area contributed by atoms with Gasteiger partial charge in [0, 0.05) is 6.04 Å². The molecule has 0 radical (unpaired) electrons. The maximum absolute atomic E-state index is 11.9. The lowest BCUT2D eigenvalue weighted by Gasteiger charge is -2.23. The van der Waals surface area contributed by atoms with Crippen molar-refractivity contribution in [3.63, 3.8) is 0 Å². The molecule has 0 aromatic carbocycles. The molecule has 1 fully saturated rings. The van der Waals surface area contributed by atoms with Crippen molar-refractivity contribution in [3.05, 3.63) is 0 Å². The molecule has 3 heteroatoms. The van der Waals surface area contributed by atoms with Gasteiger partial charge in [0.05, 0.1) is 6.04 Å². The van der Waals surface area contributed by atoms with Gasteiger partial charge in [-0.1, -0.05) is 34.1 Å². The summed E-state index contributed by atoms with van der Waals surface area (Å²) < 4.78 is 0. The summed E-state index contributed by atoms with van der Waals surface area (Å²) >= 11 is 0. The minimum absolute atomic E-state index is 0.0345. The number of carbonyl (C=O) groups excluding carboxylic acids is 1. The molecule has 1 rings (SSSR count). The lowest BCUT2D eigenvalue weighted by Crippen LogP contribution is -2.47. The Kier molecular flexibility index (Phi) is 5.44. The van der Waals surface area contributed by atoms with E-state index in [-0.39, 0.29) is 11.9 Å². The molecule has 0 aromatic heterocycles. The Morgan fingerprint density at radius 1 is 1.41 bits per heavy atom. The summed E-state index contributed by atoms with van der Waals surface area (Å²) in [6.45, 7) is 8.67. The van der Waals surface area contributed by atoms with Crippen LogP contribution in [0.4, 0.5) is 0 Å². The molecule has 0 bridgehead atoms. The van der Waals surface area contributed by atoms with Crippen molar-refractivity contribution in [1.82, 2.24) is 5.32 Å². The molecule has 0 aliphatic heterocycles. The summed E-state index contributed by atoms with van der Waals surface area (Å²) in [7, 11) is 0. The van der Waals surface area contributed by atoms with Crippen LogP contribution in [0, 0.1) is 17.8 Å². The molecular weight excluding hydrogens is 212 g/mol. The molecule has 1 amide bonds. The van der Waals surface area contributed by atoms with E-state index in [4.69, 9.17) is 5.73 Å². The van der Waals surface area contributed by atoms with Crippen LogP contribution >= 0.6 is 0 Å². The Morgan fingerprint density at radius 3 is 2.53 bits per heavy atom. The highest BCUT2D eigenvalue weighted by molar-refractivity contribution is 5.81. The SMILES string of the molecule is CCC1CCC(NC(=O)C(N)CC(C)C)C1C. The summed E-state index contributed by atoms with van der Waals surface area (Å²) in [4.78, 5) is 11.9. The van der Waals surface area contributed by atoms with Gasteiger partial charge in [0.25, 0.3) is 0 Å². The van der Waals surface area contributed by atoms with E-state index in [9.17, 15) is 4.79 Å². The molecule has 0 spiro atoms. The van der Waals surface area contributed by atoms with Gasteiger partial charge in [0.2, 0.25) is 5.91 Å². The number of carbonyl (C=O) groups is 1. The van der Waals surface area contributed by atoms with Gasteiger partial charge in [-0.05, 0) is 37.0 Å². The van der Waals surface area contributed by atoms with Crippen molar-refractivity contribution in [2.24, 2.45) is 23.5 Å². The Bertz CT molecular complexity index is 253. The van der Waals surface area contributed by atoms with Crippen molar-refractivity contribution in [1.29, 1.82) is 0 Å². The summed E-state index contributed by atoms with van der Waals surface area (Å²) in [5.41, 5.74) is 5.90. The summed E-state index contributed by atoms with van der Waals surface area (Å²) in [5, 5.41) is 3.13. The maximum atomic E-state index is 11.9. The van der Waals surface area contributed by atoms with Crippen LogP contribution in [0.2, 0.25) is 0 Å². The lowest BCUT2D eigenvalue weighted by molar-refractivity contribution is -0.123. The van der Waals surface area contributed by atoms with Gasteiger partial charge < -0.3 is 11.1 Å². The molecule has 0 heterocycles. The normalized spacial score (nSPS) is 30.6. The molecule has 100 valence electrons. The van der Waals surface area contributed by atoms with Crippen molar-refractivity contribution in [2.45, 2.75) is 65.5 Å². The molecule has 3 nitrogen and oxygen atoms in total. The van der Waals surface area contributed by atoms with E-state index >= 15 is 0 Å². The van der Waals surface area contributed by atoms with Crippen LogP contribution in [0.3, 0.4) is 0 Å². The Labute approximate surface area is 106 Å². The summed E-state index contributed by atoms with van der Waals surface area (Å²) in [6.07, 6.45) is 4.33. The molecule has 4 unspecified atom stereocenters. The number of hydrogen-bond acceptors (Lipinski definition) is 2. The zero-order valence-electron chi connectivity index (χ0n) is 11.7. The van der Waals surface area contributed by atoms with Gasteiger partial charge >= 0.3 is 0 Å². The van der Waals surface area contributed by atoms with Crippen LogP contribution in [0.5, 0.6) is 0 Å². The van der Waals surface area contributed by atoms with Crippen molar-refractivity contribution in [2.75, 3.05) is 0 Å². The Hall–Kier alpha value is -0.570. The molecule has 0 aromatic rings. The summed E-state index contributed by atoms with van der Waals surface area (Å²) in [6, 6.07) is -0.00598. The van der Waals surface area contributed by atoms with Gasteiger partial charge in [0.15, 0.2) is 0 Å². The van der Waals surface area contributed by atoms with Crippen molar-refractivity contribution < 1.29 is 4.79 Å². The molecule has 1 saturated carbocycles. The van der Waals surface area contributed by atoms with E-state index in [1.807, 2.05) is 0 Å². The molecule has 3 N–H and O–H groups in total. The van der Waals surface area contributed by atoms with Crippen LogP contribution in [0.1, 0.15) is 53.4 Å². The third-order valence-corrected chi connectivity index (χ3v) is 4.14. The largest absolute Gasteiger partial charge is 0.352 e. The second-order valence-electron chi connectivity index (χ2n) is 5.96. The fourth-order valence-electron chi connectivity index (χ4n) is 2.93. The quantitative estimate of drug-likeness (QED) is 0.774. The van der Waals surface area contributed by atoms with Crippen LogP contribution < -0.4 is 11.1 Å². The van der Waals surface area contributed by atoms with E-state index in [2.05, 4.69) is 33.0 Å². The van der Waals surface area contributed by atoms with Crippen LogP contribution in [-0.2, 0) is 4.79 Å². The average Bonchev–Trinajstić information content (AvgIpc) is 2.59. The smallest absolute Gasteiger partial charge is 0.237 e. The fraction of sp³-hybridized carbons (Fsp3) is 0.929. The third kappa shape index (κ3) is 3.98. The van der Waals surface area contributed by atoms with Gasteiger partial charge in [-0.15, -0.1) is 0 Å². The summed E-state index contributed by atoms with van der Waals surface area (Å²) in [5.74, 6) is 1.87. The minimum Gasteiger partial charge on any atom is -0.352 e. The first-order valence-corrected chi connectivity index (χ1v) is 7.01. The zero-order chi connectivity index (χ0) is 13.0. The minimum atomic E-state index is -0.345. The number of amides is 1. The van der Waals surface area contributed by atoms with Gasteiger partial charge in [-0.25, -0.2) is 0 Å². The van der Waals surface area contributed by atoms with Gasteiger partial charge in [-0.3, -0.25) is 4.79 Å². The number of rotatable bonds is 5. The van der Waals surface area contributed by atoms with E-state index in [1.54, 1.807) is 0 Å². The van der Waals surface area contributed by atoms with Crippen LogP contribution in [0.15, 0.2) is 0 Å². The highest BCUT2D eigenvalue weighted by atomic mass is 16.2. The van der Waals surface area contributed by atoms with Crippen LogP contribution in [-0.4, -0.2) is 18.0 Å². The third-order valence-electron chi connectivity index (χ3n) is 4.14. The number of nitrogens with two attached hydrogens (primary N) is 1. The maximum Gasteiger partial charge on any atom is 0.237 e. The van der Waals surface area contributed by atoms with E-state index < -0.39 is 0 Å². The first kappa shape index (κ1) is 14.5. The van der Waals surface area contributed by atoms with Crippen molar-refractivity contribution in [3.8, 4) is 0 Å². The average molecular weight is 240 g/mol. The standard InChI is InChI=1S/C14H28N2O/c1-5-11-6-7-13(10(11)4)16-14(17)12(15)8-9(2)3/h9-13H,5-8,15H2,1-4H3,(H,16,17). The Morgan fingerprint density at radius 2 is 2.06 bits per heavy atom. The van der Waals surface area contributed by atoms with Crippen LogP contribution in [0.25, 0.3) is 0 Å². The number of nitrogens with one attached hydrogen (secondary N) is 1. The predicted octanol–water partition coefficient (Wildman–Crippen LogP) is 2.30. The fourth-order valence-corrected chi connectivity index (χ4v) is 2.93. The van der Waals surface area contributed by atoms with Gasteiger partial charge in [-0.2, -0.15) is 0 Å². The predicted molar refractivity (Wildman–Crippen MR) is 71.5 cm³/mol. The molecule has 0 saturated heterocycles. The van der Waals surface area contributed by atoms with E-state index in [0.29, 0.717) is 17.9 Å². The molecular formula is C14H28N2O. The number of hydrogen-bond donors (Lipinski definition) is 2. The van der Waals surface area contributed by atoms with E-state index in [0.717, 1.165) is 18.8 Å². The molecule has 4 atom stereocenters. The van der Waals surface area contributed by atoms with Gasteiger partial charge in [0.1, 0.15) is 0 Å². The monoisotopic (exact) mass is 240 g/mol. The lowest BCUT2D eigenvalue weighted by atomic mass is 9.93. The van der Waals surface area contributed by atoms with E-state index in [1.165, 1.54) is 12.8 Å². The topological polar surface area (TPSA) is 55.1 Å². The Balaban J connectivity index is 2.41. The molecule has 17 heavy (non-hydrogen) atoms. The highest BCUT2D eigenvalue weighted by Gasteiger charge is 2.33.